The van der Waals surface area contributed by atoms with Crippen LogP contribution in [0.25, 0.3) is 0 Å². The van der Waals surface area contributed by atoms with Gasteiger partial charge in [0, 0.05) is 0 Å². The second kappa shape index (κ2) is 19.7. The Hall–Kier alpha value is 0. The standard InChI is InChI=1S/C30H60/c1-5-8-11-14-16-17-20-22-28-25-26-29(23-19-13-10-7-3)30(27(28)4)24-21-18-15-12-9-6-2/h27-30H,5-26H2,1-4H3. The van der Waals surface area contributed by atoms with Crippen LogP contribution < -0.4 is 0 Å². The predicted molar refractivity (Wildman–Crippen MR) is 138 cm³/mol. The maximum absolute atomic E-state index is 2.66. The fourth-order valence-electron chi connectivity index (χ4n) is 6.31. The van der Waals surface area contributed by atoms with E-state index >= 15 is 0 Å². The van der Waals surface area contributed by atoms with Gasteiger partial charge in [0.05, 0.1) is 0 Å². The Morgan fingerprint density at radius 3 is 1.33 bits per heavy atom. The van der Waals surface area contributed by atoms with Crippen LogP contribution in [0.2, 0.25) is 0 Å². The second-order valence-electron chi connectivity index (χ2n) is 10.9. The van der Waals surface area contributed by atoms with Crippen molar-refractivity contribution in [1.29, 1.82) is 0 Å². The van der Waals surface area contributed by atoms with Gasteiger partial charge in [-0.15, -0.1) is 0 Å². The van der Waals surface area contributed by atoms with Gasteiger partial charge >= 0.3 is 0 Å². The van der Waals surface area contributed by atoms with Gasteiger partial charge in [0.15, 0.2) is 0 Å². The van der Waals surface area contributed by atoms with E-state index in [1.54, 1.807) is 19.3 Å². The second-order valence-corrected chi connectivity index (χ2v) is 10.9. The molecule has 0 nitrogen and oxygen atoms in total. The van der Waals surface area contributed by atoms with Crippen molar-refractivity contribution < 1.29 is 0 Å². The number of rotatable bonds is 20. The molecular weight excluding hydrogens is 360 g/mol. The summed E-state index contributed by atoms with van der Waals surface area (Å²) in [5.74, 6) is 4.13. The molecule has 0 bridgehead atoms. The Bertz CT molecular complexity index is 344. The van der Waals surface area contributed by atoms with Crippen LogP contribution in [-0.2, 0) is 0 Å². The van der Waals surface area contributed by atoms with Gasteiger partial charge in [-0.3, -0.25) is 0 Å². The summed E-state index contributed by atoms with van der Waals surface area (Å²) in [6, 6.07) is 0. The van der Waals surface area contributed by atoms with Gasteiger partial charge in [0.2, 0.25) is 0 Å². The molecule has 0 aromatic carbocycles. The van der Waals surface area contributed by atoms with E-state index < -0.39 is 0 Å². The van der Waals surface area contributed by atoms with Crippen LogP contribution >= 0.6 is 0 Å². The Morgan fingerprint density at radius 1 is 0.433 bits per heavy atom. The number of hydrogen-bond acceptors (Lipinski definition) is 0. The lowest BCUT2D eigenvalue weighted by Crippen LogP contribution is -2.33. The molecule has 4 atom stereocenters. The molecule has 1 aliphatic carbocycles. The van der Waals surface area contributed by atoms with Crippen molar-refractivity contribution in [3.05, 3.63) is 0 Å². The molecule has 0 radical (unpaired) electrons. The fourth-order valence-corrected chi connectivity index (χ4v) is 6.31. The minimum Gasteiger partial charge on any atom is -0.0654 e. The molecule has 0 N–H and O–H groups in total. The SMILES string of the molecule is CCCCCCCCCC1CCC(CCCCCC)C(CCCCCCCC)C1C. The normalized spacial score (nSPS) is 24.4. The zero-order chi connectivity index (χ0) is 21.9. The summed E-state index contributed by atoms with van der Waals surface area (Å²) < 4.78 is 0. The van der Waals surface area contributed by atoms with Crippen LogP contribution in [0.1, 0.15) is 169 Å². The van der Waals surface area contributed by atoms with E-state index in [1.165, 1.54) is 122 Å². The first-order valence-corrected chi connectivity index (χ1v) is 14.7. The monoisotopic (exact) mass is 420 g/mol. The minimum absolute atomic E-state index is 0.991. The molecule has 0 saturated heterocycles. The van der Waals surface area contributed by atoms with Crippen LogP contribution in [0.4, 0.5) is 0 Å². The molecule has 1 fully saturated rings. The Balaban J connectivity index is 2.39. The lowest BCUT2D eigenvalue weighted by Gasteiger charge is -2.42. The first-order chi connectivity index (χ1) is 14.7. The Kier molecular flexibility index (Phi) is 18.4. The minimum atomic E-state index is 0.991. The van der Waals surface area contributed by atoms with Crippen LogP contribution in [0.15, 0.2) is 0 Å². The van der Waals surface area contributed by atoms with Crippen LogP contribution in [0.3, 0.4) is 0 Å². The molecule has 1 rings (SSSR count). The maximum atomic E-state index is 2.66. The Labute approximate surface area is 192 Å². The third kappa shape index (κ3) is 12.8. The summed E-state index contributed by atoms with van der Waals surface area (Å²) in [7, 11) is 0. The Morgan fingerprint density at radius 2 is 0.800 bits per heavy atom. The van der Waals surface area contributed by atoms with Crippen LogP contribution in [-0.4, -0.2) is 0 Å². The van der Waals surface area contributed by atoms with Crippen molar-refractivity contribution in [2.75, 3.05) is 0 Å². The van der Waals surface area contributed by atoms with E-state index in [2.05, 4.69) is 27.7 Å². The van der Waals surface area contributed by atoms with E-state index in [1.807, 2.05) is 0 Å². The number of unbranched alkanes of at least 4 members (excludes halogenated alkanes) is 14. The molecular formula is C30H60. The van der Waals surface area contributed by atoms with Crippen LogP contribution in [0, 0.1) is 23.7 Å². The van der Waals surface area contributed by atoms with Crippen LogP contribution in [0.5, 0.6) is 0 Å². The molecule has 1 saturated carbocycles. The summed E-state index contributed by atoms with van der Waals surface area (Å²) in [6.45, 7) is 9.66. The van der Waals surface area contributed by atoms with Crippen molar-refractivity contribution >= 4 is 0 Å². The highest BCUT2D eigenvalue weighted by Crippen LogP contribution is 2.45. The zero-order valence-electron chi connectivity index (χ0n) is 21.9. The quantitative estimate of drug-likeness (QED) is 0.172. The third-order valence-electron chi connectivity index (χ3n) is 8.43. The average molecular weight is 421 g/mol. The van der Waals surface area contributed by atoms with E-state index in [4.69, 9.17) is 0 Å². The maximum Gasteiger partial charge on any atom is -0.0357 e. The third-order valence-corrected chi connectivity index (χ3v) is 8.43. The van der Waals surface area contributed by atoms with Gasteiger partial charge in [0.1, 0.15) is 0 Å². The lowest BCUT2D eigenvalue weighted by molar-refractivity contribution is 0.0780. The van der Waals surface area contributed by atoms with E-state index in [0.717, 1.165) is 23.7 Å². The molecule has 180 valence electrons. The van der Waals surface area contributed by atoms with Crippen molar-refractivity contribution in [2.24, 2.45) is 23.7 Å². The van der Waals surface area contributed by atoms with E-state index in [-0.39, 0.29) is 0 Å². The molecule has 4 unspecified atom stereocenters. The summed E-state index contributed by atoms with van der Waals surface area (Å²) in [5.41, 5.74) is 0. The molecule has 0 aromatic heterocycles. The van der Waals surface area contributed by atoms with Gasteiger partial charge in [-0.2, -0.15) is 0 Å². The van der Waals surface area contributed by atoms with Gasteiger partial charge in [-0.05, 0) is 42.9 Å². The largest absolute Gasteiger partial charge is 0.0654 e. The smallest absolute Gasteiger partial charge is 0.0357 e. The zero-order valence-corrected chi connectivity index (χ0v) is 21.9. The number of hydrogen-bond donors (Lipinski definition) is 0. The first kappa shape index (κ1) is 28.0. The molecule has 0 aliphatic heterocycles. The highest BCUT2D eigenvalue weighted by atomic mass is 14.4. The molecule has 0 amide bonds. The summed E-state index contributed by atoms with van der Waals surface area (Å²) in [4.78, 5) is 0. The predicted octanol–water partition coefficient (Wildman–Crippen LogP) is 11.1. The van der Waals surface area contributed by atoms with E-state index in [9.17, 15) is 0 Å². The van der Waals surface area contributed by atoms with Gasteiger partial charge in [-0.1, -0.05) is 150 Å². The topological polar surface area (TPSA) is 0 Å². The summed E-state index contributed by atoms with van der Waals surface area (Å²) >= 11 is 0. The lowest BCUT2D eigenvalue weighted by atomic mass is 9.63. The van der Waals surface area contributed by atoms with Gasteiger partial charge in [0.25, 0.3) is 0 Å². The molecule has 30 heavy (non-hydrogen) atoms. The van der Waals surface area contributed by atoms with E-state index in [0.29, 0.717) is 0 Å². The van der Waals surface area contributed by atoms with Gasteiger partial charge < -0.3 is 0 Å². The highest BCUT2D eigenvalue weighted by molar-refractivity contribution is 4.85. The van der Waals surface area contributed by atoms with Crippen molar-refractivity contribution in [1.82, 2.24) is 0 Å². The fraction of sp³-hybridized carbons (Fsp3) is 1.00. The average Bonchev–Trinajstić information content (AvgIpc) is 2.75. The molecule has 0 heteroatoms. The molecule has 1 aliphatic rings. The molecule has 0 heterocycles. The highest BCUT2D eigenvalue weighted by Gasteiger charge is 2.35. The van der Waals surface area contributed by atoms with Gasteiger partial charge in [-0.25, -0.2) is 0 Å². The summed E-state index contributed by atoms with van der Waals surface area (Å²) in [5, 5.41) is 0. The molecule has 0 aromatic rings. The van der Waals surface area contributed by atoms with Crippen molar-refractivity contribution in [3.63, 3.8) is 0 Å². The summed E-state index contributed by atoms with van der Waals surface area (Å²) in [6.07, 6.45) is 32.5. The first-order valence-electron chi connectivity index (χ1n) is 14.7. The molecule has 0 spiro atoms. The van der Waals surface area contributed by atoms with Crippen molar-refractivity contribution in [3.8, 4) is 0 Å². The van der Waals surface area contributed by atoms with Crippen molar-refractivity contribution in [2.45, 2.75) is 169 Å².